The summed E-state index contributed by atoms with van der Waals surface area (Å²) in [5.41, 5.74) is 0.222. The number of carbonyl (C=O) groups is 2. The van der Waals surface area contributed by atoms with E-state index in [1.54, 1.807) is 0 Å². The molecule has 3 aliphatic rings. The number of hydrogen-bond acceptors (Lipinski definition) is 4. The van der Waals surface area contributed by atoms with Crippen LogP contribution < -0.4 is 0 Å². The minimum atomic E-state index is -0.975. The molecule has 0 bridgehead atoms. The summed E-state index contributed by atoms with van der Waals surface area (Å²) in [6.07, 6.45) is 1.55. The molecule has 3 heterocycles. The summed E-state index contributed by atoms with van der Waals surface area (Å²) in [4.78, 5) is 29.8. The predicted octanol–water partition coefficient (Wildman–Crippen LogP) is 3.30. The Balaban J connectivity index is 1.53. The maximum Gasteiger partial charge on any atom is 0.235 e. The van der Waals surface area contributed by atoms with E-state index >= 15 is 0 Å². The first-order valence-corrected chi connectivity index (χ1v) is 10.1. The average molecular weight is 425 g/mol. The largest absolute Gasteiger partial charge is 0.292 e. The number of nitriles is 1. The molecule has 158 valence electrons. The summed E-state index contributed by atoms with van der Waals surface area (Å²) in [7, 11) is 0. The minimum absolute atomic E-state index is 0.0283. The van der Waals surface area contributed by atoms with E-state index in [-0.39, 0.29) is 30.0 Å². The lowest BCUT2D eigenvalue weighted by atomic mass is 9.85. The van der Waals surface area contributed by atoms with Crippen LogP contribution in [0.4, 0.5) is 13.2 Å². The first kappa shape index (κ1) is 19.8. The van der Waals surface area contributed by atoms with Gasteiger partial charge in [0.15, 0.2) is 0 Å². The number of halogens is 3. The molecule has 3 saturated heterocycles. The fourth-order valence-corrected chi connectivity index (χ4v) is 5.46. The lowest BCUT2D eigenvalue weighted by molar-refractivity contribution is -0.142. The Bertz CT molecular complexity index is 1100. The van der Waals surface area contributed by atoms with Gasteiger partial charge in [-0.2, -0.15) is 5.26 Å². The SMILES string of the molecule is N#Cc1c(F)cc([C@H]2[C@H]3C(=O)N(Cc4ccc(F)cc4)C(=O)[C@H]3[C@@H]3CCCN32)cc1F. The molecule has 31 heavy (non-hydrogen) atoms. The molecule has 2 aromatic carbocycles. The van der Waals surface area contributed by atoms with E-state index in [0.717, 1.165) is 25.0 Å². The smallest absolute Gasteiger partial charge is 0.235 e. The first-order chi connectivity index (χ1) is 14.9. The van der Waals surface area contributed by atoms with Crippen molar-refractivity contribution in [2.75, 3.05) is 6.54 Å². The number of amides is 2. The molecule has 5 rings (SSSR count). The monoisotopic (exact) mass is 425 g/mol. The van der Waals surface area contributed by atoms with E-state index in [1.165, 1.54) is 35.2 Å². The van der Waals surface area contributed by atoms with Gasteiger partial charge in [-0.1, -0.05) is 12.1 Å². The highest BCUT2D eigenvalue weighted by molar-refractivity contribution is 6.06. The van der Waals surface area contributed by atoms with Crippen molar-refractivity contribution >= 4 is 11.8 Å². The van der Waals surface area contributed by atoms with Gasteiger partial charge < -0.3 is 0 Å². The average Bonchev–Trinajstić information content (AvgIpc) is 3.37. The molecule has 0 radical (unpaired) electrons. The van der Waals surface area contributed by atoms with Gasteiger partial charge in [0.25, 0.3) is 0 Å². The lowest BCUT2D eigenvalue weighted by Gasteiger charge is -2.29. The third kappa shape index (κ3) is 2.95. The highest BCUT2D eigenvalue weighted by atomic mass is 19.1. The first-order valence-electron chi connectivity index (χ1n) is 10.1. The minimum Gasteiger partial charge on any atom is -0.292 e. The third-order valence-corrected chi connectivity index (χ3v) is 6.72. The molecular weight excluding hydrogens is 407 g/mol. The molecule has 0 spiro atoms. The molecular formula is C23H18F3N3O2. The fourth-order valence-electron chi connectivity index (χ4n) is 5.46. The normalized spacial score (nSPS) is 27.5. The molecule has 4 atom stereocenters. The molecule has 8 heteroatoms. The molecule has 5 nitrogen and oxygen atoms in total. The van der Waals surface area contributed by atoms with Crippen LogP contribution in [0.2, 0.25) is 0 Å². The summed E-state index contributed by atoms with van der Waals surface area (Å²) in [6, 6.07) is 8.48. The number of fused-ring (bicyclic) bond motifs is 3. The molecule has 3 aliphatic heterocycles. The Morgan fingerprint density at radius 3 is 2.29 bits per heavy atom. The fraction of sp³-hybridized carbons (Fsp3) is 0.348. The maximum absolute atomic E-state index is 14.3. The van der Waals surface area contributed by atoms with Crippen LogP contribution in [0.3, 0.4) is 0 Å². The number of hydrogen-bond donors (Lipinski definition) is 0. The molecule has 2 amide bonds. The quantitative estimate of drug-likeness (QED) is 0.708. The van der Waals surface area contributed by atoms with Crippen molar-refractivity contribution < 1.29 is 22.8 Å². The number of likely N-dealkylation sites (tertiary alicyclic amines) is 1. The van der Waals surface area contributed by atoms with Gasteiger partial charge >= 0.3 is 0 Å². The Labute approximate surface area is 176 Å². The highest BCUT2D eigenvalue weighted by Gasteiger charge is 2.63. The van der Waals surface area contributed by atoms with Crippen LogP contribution in [0.1, 0.15) is 35.6 Å². The van der Waals surface area contributed by atoms with Crippen LogP contribution in [0.25, 0.3) is 0 Å². The number of carbonyl (C=O) groups excluding carboxylic acids is 2. The van der Waals surface area contributed by atoms with Crippen molar-refractivity contribution in [3.8, 4) is 6.07 Å². The summed E-state index contributed by atoms with van der Waals surface area (Å²) in [5, 5.41) is 8.96. The van der Waals surface area contributed by atoms with E-state index in [9.17, 15) is 22.8 Å². The standard InChI is InChI=1S/C23H18F3N3O2/c24-14-5-3-12(4-6-14)11-29-22(30)19-18-2-1-7-28(18)21(20(19)23(29)31)13-8-16(25)15(10-27)17(26)9-13/h3-6,8-9,18-21H,1-2,7,11H2/t18-,19-,20-,21-/m0/s1. The molecule has 2 aromatic rings. The molecule has 0 N–H and O–H groups in total. The Morgan fingerprint density at radius 2 is 1.65 bits per heavy atom. The molecule has 0 aliphatic carbocycles. The third-order valence-electron chi connectivity index (χ3n) is 6.72. The van der Waals surface area contributed by atoms with Gasteiger partial charge in [-0.15, -0.1) is 0 Å². The molecule has 0 aromatic heterocycles. The van der Waals surface area contributed by atoms with Gasteiger partial charge in [-0.25, -0.2) is 13.2 Å². The molecule has 0 unspecified atom stereocenters. The van der Waals surface area contributed by atoms with Crippen molar-refractivity contribution in [3.05, 3.63) is 70.5 Å². The second-order valence-corrected chi connectivity index (χ2v) is 8.30. The van der Waals surface area contributed by atoms with Gasteiger partial charge in [0, 0.05) is 12.1 Å². The highest BCUT2D eigenvalue weighted by Crippen LogP contribution is 2.53. The zero-order valence-electron chi connectivity index (χ0n) is 16.4. The van der Waals surface area contributed by atoms with Gasteiger partial charge in [-0.05, 0) is 54.8 Å². The summed E-state index contributed by atoms with van der Waals surface area (Å²) in [5.74, 6) is -4.37. The van der Waals surface area contributed by atoms with Crippen molar-refractivity contribution in [3.63, 3.8) is 0 Å². The van der Waals surface area contributed by atoms with Gasteiger partial charge in [0.2, 0.25) is 11.8 Å². The second-order valence-electron chi connectivity index (χ2n) is 8.30. The summed E-state index contributed by atoms with van der Waals surface area (Å²) >= 11 is 0. The van der Waals surface area contributed by atoms with Crippen molar-refractivity contribution in [1.82, 2.24) is 9.80 Å². The van der Waals surface area contributed by atoms with Crippen molar-refractivity contribution in [1.29, 1.82) is 5.26 Å². The van der Waals surface area contributed by atoms with Gasteiger partial charge in [0.05, 0.1) is 18.4 Å². The second kappa shape index (κ2) is 7.20. The van der Waals surface area contributed by atoms with Crippen LogP contribution in [-0.4, -0.2) is 34.2 Å². The van der Waals surface area contributed by atoms with Crippen LogP contribution >= 0.6 is 0 Å². The van der Waals surface area contributed by atoms with Crippen LogP contribution in [0.15, 0.2) is 36.4 Å². The number of imide groups is 1. The Hall–Kier alpha value is -3.18. The Morgan fingerprint density at radius 1 is 1.00 bits per heavy atom. The van der Waals surface area contributed by atoms with E-state index in [1.807, 2.05) is 4.90 Å². The lowest BCUT2D eigenvalue weighted by Crippen LogP contribution is -2.39. The molecule has 0 saturated carbocycles. The van der Waals surface area contributed by atoms with E-state index < -0.39 is 40.9 Å². The van der Waals surface area contributed by atoms with Crippen LogP contribution in [0, 0.1) is 40.6 Å². The summed E-state index contributed by atoms with van der Waals surface area (Å²) in [6.45, 7) is 0.657. The number of rotatable bonds is 3. The summed E-state index contributed by atoms with van der Waals surface area (Å²) < 4.78 is 41.9. The zero-order valence-corrected chi connectivity index (χ0v) is 16.4. The predicted molar refractivity (Wildman–Crippen MR) is 102 cm³/mol. The van der Waals surface area contributed by atoms with Gasteiger partial charge in [-0.3, -0.25) is 19.4 Å². The maximum atomic E-state index is 14.3. The van der Waals surface area contributed by atoms with Crippen molar-refractivity contribution in [2.24, 2.45) is 11.8 Å². The Kier molecular flexibility index (Phi) is 4.59. The number of benzene rings is 2. The number of nitrogens with zero attached hydrogens (tertiary/aromatic N) is 3. The van der Waals surface area contributed by atoms with E-state index in [4.69, 9.17) is 5.26 Å². The topological polar surface area (TPSA) is 64.4 Å². The van der Waals surface area contributed by atoms with E-state index in [2.05, 4.69) is 0 Å². The zero-order chi connectivity index (χ0) is 21.9. The van der Waals surface area contributed by atoms with Gasteiger partial charge in [0.1, 0.15) is 29.1 Å². The molecule has 3 fully saturated rings. The van der Waals surface area contributed by atoms with Crippen molar-refractivity contribution in [2.45, 2.75) is 31.5 Å². The van der Waals surface area contributed by atoms with E-state index in [0.29, 0.717) is 12.1 Å². The van der Waals surface area contributed by atoms with Crippen LogP contribution in [-0.2, 0) is 16.1 Å². The van der Waals surface area contributed by atoms with Crippen LogP contribution in [0.5, 0.6) is 0 Å².